The van der Waals surface area contributed by atoms with Crippen LogP contribution in [0.3, 0.4) is 0 Å². The number of hydrogen-bond donors (Lipinski definition) is 0. The SMILES string of the molecule is C=C(C)OP(OC(=C)C)OC(=C)C. The summed E-state index contributed by atoms with van der Waals surface area (Å²) in [6.07, 6.45) is 0. The van der Waals surface area contributed by atoms with Gasteiger partial charge in [-0.1, -0.05) is 19.7 Å². The molecular formula is C9H15O3P. The van der Waals surface area contributed by atoms with Crippen LogP contribution in [0.4, 0.5) is 0 Å². The van der Waals surface area contributed by atoms with E-state index < -0.39 is 8.60 Å². The Morgan fingerprint density at radius 2 is 1.00 bits per heavy atom. The fourth-order valence-corrected chi connectivity index (χ4v) is 1.31. The molecule has 0 aromatic heterocycles. The van der Waals surface area contributed by atoms with Crippen LogP contribution in [0, 0.1) is 0 Å². The minimum absolute atomic E-state index is 0.536. The molecule has 74 valence electrons. The molecule has 0 saturated carbocycles. The van der Waals surface area contributed by atoms with Crippen LogP contribution in [0.1, 0.15) is 20.8 Å². The molecule has 0 radical (unpaired) electrons. The van der Waals surface area contributed by atoms with E-state index in [1.807, 2.05) is 0 Å². The third kappa shape index (κ3) is 7.41. The molecule has 0 fully saturated rings. The summed E-state index contributed by atoms with van der Waals surface area (Å²) in [7, 11) is -1.48. The highest BCUT2D eigenvalue weighted by molar-refractivity contribution is 7.42. The van der Waals surface area contributed by atoms with Crippen LogP contribution in [-0.4, -0.2) is 0 Å². The van der Waals surface area contributed by atoms with Gasteiger partial charge in [-0.25, -0.2) is 0 Å². The van der Waals surface area contributed by atoms with Gasteiger partial charge >= 0.3 is 8.60 Å². The van der Waals surface area contributed by atoms with Gasteiger partial charge in [0.1, 0.15) is 0 Å². The molecule has 0 atom stereocenters. The Morgan fingerprint density at radius 1 is 0.769 bits per heavy atom. The van der Waals surface area contributed by atoms with Gasteiger partial charge in [-0.05, 0) is 20.8 Å². The van der Waals surface area contributed by atoms with E-state index in [1.54, 1.807) is 20.8 Å². The molecule has 0 amide bonds. The molecule has 3 nitrogen and oxygen atoms in total. The highest BCUT2D eigenvalue weighted by Gasteiger charge is 2.16. The van der Waals surface area contributed by atoms with Crippen LogP contribution in [-0.2, 0) is 13.6 Å². The van der Waals surface area contributed by atoms with Gasteiger partial charge in [0, 0.05) is 0 Å². The third-order valence-corrected chi connectivity index (χ3v) is 2.07. The summed E-state index contributed by atoms with van der Waals surface area (Å²) in [5.41, 5.74) is 0. The van der Waals surface area contributed by atoms with Crippen LogP contribution >= 0.6 is 8.60 Å². The van der Waals surface area contributed by atoms with E-state index in [0.717, 1.165) is 0 Å². The van der Waals surface area contributed by atoms with Crippen LogP contribution < -0.4 is 0 Å². The van der Waals surface area contributed by atoms with Crippen molar-refractivity contribution in [3.05, 3.63) is 37.0 Å². The van der Waals surface area contributed by atoms with Crippen molar-refractivity contribution in [2.75, 3.05) is 0 Å². The summed E-state index contributed by atoms with van der Waals surface area (Å²) in [5.74, 6) is 1.61. The predicted molar refractivity (Wildman–Crippen MR) is 54.6 cm³/mol. The van der Waals surface area contributed by atoms with Crippen molar-refractivity contribution in [1.29, 1.82) is 0 Å². The average Bonchev–Trinajstić information content (AvgIpc) is 1.80. The zero-order chi connectivity index (χ0) is 10.4. The van der Waals surface area contributed by atoms with Crippen LogP contribution in [0.25, 0.3) is 0 Å². The molecule has 0 N–H and O–H groups in total. The smallest absolute Gasteiger partial charge is 0.414 e. The van der Waals surface area contributed by atoms with Gasteiger partial charge in [-0.2, -0.15) is 0 Å². The summed E-state index contributed by atoms with van der Waals surface area (Å²) in [6, 6.07) is 0. The Hall–Kier alpha value is -0.950. The second-order valence-corrected chi connectivity index (χ2v) is 3.60. The summed E-state index contributed by atoms with van der Waals surface area (Å²) in [5, 5.41) is 0. The molecular weight excluding hydrogens is 187 g/mol. The average molecular weight is 202 g/mol. The molecule has 0 heterocycles. The maximum Gasteiger partial charge on any atom is 0.529 e. The molecule has 0 aromatic carbocycles. The van der Waals surface area contributed by atoms with Gasteiger partial charge in [-0.3, -0.25) is 0 Å². The van der Waals surface area contributed by atoms with Crippen LogP contribution in [0.5, 0.6) is 0 Å². The first kappa shape index (κ1) is 12.0. The molecule has 0 unspecified atom stereocenters. The van der Waals surface area contributed by atoms with Crippen molar-refractivity contribution < 1.29 is 13.6 Å². The first-order valence-electron chi connectivity index (χ1n) is 3.72. The van der Waals surface area contributed by atoms with Gasteiger partial charge in [0.25, 0.3) is 0 Å². The first-order valence-corrected chi connectivity index (χ1v) is 4.82. The number of allylic oxidation sites excluding steroid dienone is 3. The van der Waals surface area contributed by atoms with Crippen molar-refractivity contribution >= 4 is 8.60 Å². The van der Waals surface area contributed by atoms with Gasteiger partial charge in [-0.15, -0.1) is 0 Å². The van der Waals surface area contributed by atoms with Crippen molar-refractivity contribution in [2.24, 2.45) is 0 Å². The topological polar surface area (TPSA) is 27.7 Å². The normalized spacial score (nSPS) is 9.23. The van der Waals surface area contributed by atoms with Crippen molar-refractivity contribution in [2.45, 2.75) is 20.8 Å². The van der Waals surface area contributed by atoms with E-state index in [-0.39, 0.29) is 0 Å². The molecule has 0 aliphatic heterocycles. The van der Waals surface area contributed by atoms with E-state index in [9.17, 15) is 0 Å². The Balaban J connectivity index is 4.10. The van der Waals surface area contributed by atoms with Crippen LogP contribution in [0.15, 0.2) is 37.0 Å². The molecule has 13 heavy (non-hydrogen) atoms. The summed E-state index contributed by atoms with van der Waals surface area (Å²) < 4.78 is 15.5. The fourth-order valence-electron chi connectivity index (χ4n) is 0.438. The third-order valence-electron chi connectivity index (χ3n) is 0.691. The lowest BCUT2D eigenvalue weighted by atomic mass is 10.7. The number of hydrogen-bond acceptors (Lipinski definition) is 3. The Morgan fingerprint density at radius 3 is 1.15 bits per heavy atom. The van der Waals surface area contributed by atoms with Crippen molar-refractivity contribution in [3.8, 4) is 0 Å². The van der Waals surface area contributed by atoms with Gasteiger partial charge < -0.3 is 13.6 Å². The maximum absolute atomic E-state index is 5.18. The van der Waals surface area contributed by atoms with E-state index in [2.05, 4.69) is 19.7 Å². The van der Waals surface area contributed by atoms with Gasteiger partial charge in [0.15, 0.2) is 0 Å². The zero-order valence-corrected chi connectivity index (χ0v) is 9.19. The van der Waals surface area contributed by atoms with Crippen molar-refractivity contribution in [3.63, 3.8) is 0 Å². The second-order valence-electron chi connectivity index (χ2n) is 2.60. The molecule has 0 saturated heterocycles. The molecule has 0 rings (SSSR count). The van der Waals surface area contributed by atoms with E-state index >= 15 is 0 Å². The minimum atomic E-state index is -1.48. The quantitative estimate of drug-likeness (QED) is 0.483. The maximum atomic E-state index is 5.18. The molecule has 0 aromatic rings. The lowest BCUT2D eigenvalue weighted by molar-refractivity contribution is 0.260. The molecule has 0 aliphatic rings. The molecule has 0 aliphatic carbocycles. The van der Waals surface area contributed by atoms with E-state index in [0.29, 0.717) is 17.3 Å². The lowest BCUT2D eigenvalue weighted by Crippen LogP contribution is -1.90. The molecule has 0 bridgehead atoms. The van der Waals surface area contributed by atoms with Crippen molar-refractivity contribution in [1.82, 2.24) is 0 Å². The fraction of sp³-hybridized carbons (Fsp3) is 0.333. The monoisotopic (exact) mass is 202 g/mol. The highest BCUT2D eigenvalue weighted by Crippen LogP contribution is 2.45. The zero-order valence-electron chi connectivity index (χ0n) is 8.29. The largest absolute Gasteiger partial charge is 0.529 e. The van der Waals surface area contributed by atoms with Gasteiger partial charge in [0.2, 0.25) is 0 Å². The molecule has 4 heteroatoms. The summed E-state index contributed by atoms with van der Waals surface area (Å²) >= 11 is 0. The first-order chi connectivity index (χ1) is 5.91. The Labute approximate surface area is 80.7 Å². The number of rotatable bonds is 6. The summed E-state index contributed by atoms with van der Waals surface area (Å²) in [4.78, 5) is 0. The standard InChI is InChI=1S/C9H15O3P/c1-7(2)10-13(11-8(3)4)12-9(5)6/h1,3,5H2,2,4,6H3. The van der Waals surface area contributed by atoms with E-state index in [1.165, 1.54) is 0 Å². The Bertz CT molecular complexity index is 185. The molecule has 0 spiro atoms. The predicted octanol–water partition coefficient (Wildman–Crippen LogP) is 3.86. The highest BCUT2D eigenvalue weighted by atomic mass is 31.2. The second kappa shape index (κ2) is 5.65. The lowest BCUT2D eigenvalue weighted by Gasteiger charge is -2.17. The minimum Gasteiger partial charge on any atom is -0.414 e. The summed E-state index contributed by atoms with van der Waals surface area (Å²) in [6.45, 7) is 15.9. The van der Waals surface area contributed by atoms with E-state index in [4.69, 9.17) is 13.6 Å². The van der Waals surface area contributed by atoms with Crippen LogP contribution in [0.2, 0.25) is 0 Å². The van der Waals surface area contributed by atoms with Gasteiger partial charge in [0.05, 0.1) is 17.3 Å². The Kier molecular flexibility index (Phi) is 5.24.